The summed E-state index contributed by atoms with van der Waals surface area (Å²) in [6.45, 7) is 0. The van der Waals surface area contributed by atoms with Gasteiger partial charge in [0.25, 0.3) is 0 Å². The molecule has 1 atom stereocenters. The van der Waals surface area contributed by atoms with Gasteiger partial charge in [0.2, 0.25) is 17.7 Å². The summed E-state index contributed by atoms with van der Waals surface area (Å²) >= 11 is 1.30. The highest BCUT2D eigenvalue weighted by Gasteiger charge is 2.40. The number of rotatable bonds is 6. The second-order valence-corrected chi connectivity index (χ2v) is 8.37. The molecular weight excluding hydrogens is 415 g/mol. The summed E-state index contributed by atoms with van der Waals surface area (Å²) in [5.41, 5.74) is 1.96. The molecule has 0 aromatic heterocycles. The Balaban J connectivity index is 1.36. The van der Waals surface area contributed by atoms with Gasteiger partial charge >= 0.3 is 0 Å². The maximum Gasteiger partial charge on any atom is 0.247 e. The fourth-order valence-corrected chi connectivity index (χ4v) is 4.38. The van der Waals surface area contributed by atoms with Crippen molar-refractivity contribution in [2.75, 3.05) is 10.2 Å². The van der Waals surface area contributed by atoms with E-state index >= 15 is 0 Å². The van der Waals surface area contributed by atoms with Crippen LogP contribution in [0.15, 0.2) is 83.8 Å². The van der Waals surface area contributed by atoms with E-state index in [0.29, 0.717) is 11.4 Å². The lowest BCUT2D eigenvalue weighted by molar-refractivity contribution is -0.121. The predicted octanol–water partition coefficient (Wildman–Crippen LogP) is 4.43. The van der Waals surface area contributed by atoms with Gasteiger partial charge in [-0.05, 0) is 54.1 Å². The maximum absolute atomic E-state index is 13.1. The van der Waals surface area contributed by atoms with Crippen molar-refractivity contribution in [2.45, 2.75) is 23.0 Å². The summed E-state index contributed by atoms with van der Waals surface area (Å²) < 4.78 is 13.1. The van der Waals surface area contributed by atoms with Crippen LogP contribution in [0.4, 0.5) is 15.8 Å². The molecule has 4 rings (SSSR count). The Bertz CT molecular complexity index is 1100. The first kappa shape index (κ1) is 20.8. The first-order valence-electron chi connectivity index (χ1n) is 9.72. The lowest BCUT2D eigenvalue weighted by atomic mass is 10.1. The number of anilines is 2. The number of hydrogen-bond acceptors (Lipinski definition) is 4. The molecule has 0 spiro atoms. The number of carbonyl (C=O) groups excluding carboxylic acids is 3. The van der Waals surface area contributed by atoms with Crippen molar-refractivity contribution in [2.24, 2.45) is 0 Å². The van der Waals surface area contributed by atoms with E-state index in [1.807, 2.05) is 30.3 Å². The molecule has 1 N–H and O–H groups in total. The second kappa shape index (κ2) is 9.14. The largest absolute Gasteiger partial charge is 0.326 e. The van der Waals surface area contributed by atoms with E-state index in [2.05, 4.69) is 5.32 Å². The van der Waals surface area contributed by atoms with E-state index in [0.717, 1.165) is 15.4 Å². The molecule has 5 nitrogen and oxygen atoms in total. The number of hydrogen-bond donors (Lipinski definition) is 1. The molecule has 3 aromatic rings. The van der Waals surface area contributed by atoms with Gasteiger partial charge in [-0.25, -0.2) is 9.29 Å². The number of nitrogens with one attached hydrogen (secondary N) is 1. The van der Waals surface area contributed by atoms with E-state index in [-0.39, 0.29) is 30.6 Å². The van der Waals surface area contributed by atoms with Crippen LogP contribution in [0.1, 0.15) is 12.0 Å². The SMILES string of the molecule is O=C(Cc1ccccc1)Nc1ccc(SC2CC(=O)N(c3ccc(F)cc3)C2=O)cc1. The van der Waals surface area contributed by atoms with Gasteiger partial charge < -0.3 is 5.32 Å². The van der Waals surface area contributed by atoms with Crippen molar-refractivity contribution in [3.63, 3.8) is 0 Å². The van der Waals surface area contributed by atoms with E-state index in [1.165, 1.54) is 36.0 Å². The van der Waals surface area contributed by atoms with Crippen molar-refractivity contribution in [1.82, 2.24) is 0 Å². The summed E-state index contributed by atoms with van der Waals surface area (Å²) in [4.78, 5) is 39.2. The van der Waals surface area contributed by atoms with Crippen LogP contribution in [-0.4, -0.2) is 23.0 Å². The van der Waals surface area contributed by atoms with Gasteiger partial charge in [0.1, 0.15) is 5.82 Å². The molecule has 3 amide bonds. The third kappa shape index (κ3) is 5.00. The summed E-state index contributed by atoms with van der Waals surface area (Å²) in [6.07, 6.45) is 0.367. The molecule has 1 aliphatic heterocycles. The summed E-state index contributed by atoms with van der Waals surface area (Å²) in [7, 11) is 0. The Hall–Kier alpha value is -3.45. The van der Waals surface area contributed by atoms with Gasteiger partial charge in [-0.2, -0.15) is 0 Å². The highest BCUT2D eigenvalue weighted by molar-refractivity contribution is 8.00. The highest BCUT2D eigenvalue weighted by Crippen LogP contribution is 2.34. The Morgan fingerprint density at radius 2 is 1.65 bits per heavy atom. The highest BCUT2D eigenvalue weighted by atomic mass is 32.2. The third-order valence-corrected chi connectivity index (χ3v) is 6.01. The minimum Gasteiger partial charge on any atom is -0.326 e. The Labute approximate surface area is 183 Å². The normalized spacial score (nSPS) is 15.9. The van der Waals surface area contributed by atoms with Gasteiger partial charge in [0, 0.05) is 17.0 Å². The van der Waals surface area contributed by atoms with Gasteiger partial charge in [0.15, 0.2) is 0 Å². The minimum atomic E-state index is -0.545. The van der Waals surface area contributed by atoms with Crippen LogP contribution in [0.25, 0.3) is 0 Å². The lowest BCUT2D eigenvalue weighted by Gasteiger charge is -2.15. The Kier molecular flexibility index (Phi) is 6.13. The molecule has 3 aromatic carbocycles. The van der Waals surface area contributed by atoms with Crippen molar-refractivity contribution in [3.05, 3.63) is 90.2 Å². The first-order chi connectivity index (χ1) is 15.0. The Morgan fingerprint density at radius 3 is 2.32 bits per heavy atom. The maximum atomic E-state index is 13.1. The molecule has 1 heterocycles. The van der Waals surface area contributed by atoms with E-state index in [1.54, 1.807) is 24.3 Å². The van der Waals surface area contributed by atoms with Crippen molar-refractivity contribution >= 4 is 40.9 Å². The molecule has 7 heteroatoms. The number of thioether (sulfide) groups is 1. The molecule has 0 bridgehead atoms. The molecule has 1 fully saturated rings. The van der Waals surface area contributed by atoms with Crippen LogP contribution >= 0.6 is 11.8 Å². The molecule has 31 heavy (non-hydrogen) atoms. The average molecular weight is 434 g/mol. The number of imide groups is 1. The zero-order chi connectivity index (χ0) is 21.8. The zero-order valence-electron chi connectivity index (χ0n) is 16.5. The van der Waals surface area contributed by atoms with Gasteiger partial charge in [-0.3, -0.25) is 14.4 Å². The van der Waals surface area contributed by atoms with E-state index < -0.39 is 11.1 Å². The third-order valence-electron chi connectivity index (χ3n) is 4.81. The summed E-state index contributed by atoms with van der Waals surface area (Å²) in [5, 5.41) is 2.31. The lowest BCUT2D eigenvalue weighted by Crippen LogP contribution is -2.31. The van der Waals surface area contributed by atoms with Crippen molar-refractivity contribution < 1.29 is 18.8 Å². The van der Waals surface area contributed by atoms with Crippen LogP contribution in [0, 0.1) is 5.82 Å². The molecule has 0 radical (unpaired) electrons. The van der Waals surface area contributed by atoms with E-state index in [4.69, 9.17) is 0 Å². The molecule has 0 aliphatic carbocycles. The number of benzene rings is 3. The standard InChI is InChI=1S/C24H19FN2O3S/c25-17-6-10-19(11-7-17)27-23(29)15-21(24(27)30)31-20-12-8-18(9-13-20)26-22(28)14-16-4-2-1-3-5-16/h1-13,21H,14-15H2,(H,26,28). The monoisotopic (exact) mass is 434 g/mol. The molecule has 1 aliphatic rings. The number of nitrogens with zero attached hydrogens (tertiary/aromatic N) is 1. The quantitative estimate of drug-likeness (QED) is 0.583. The van der Waals surface area contributed by atoms with Gasteiger partial charge in [0.05, 0.1) is 17.4 Å². The van der Waals surface area contributed by atoms with Crippen molar-refractivity contribution in [1.29, 1.82) is 0 Å². The second-order valence-electron chi connectivity index (χ2n) is 7.09. The van der Waals surface area contributed by atoms with Crippen LogP contribution in [0.2, 0.25) is 0 Å². The van der Waals surface area contributed by atoms with Crippen LogP contribution in [0.3, 0.4) is 0 Å². The Morgan fingerprint density at radius 1 is 0.968 bits per heavy atom. The van der Waals surface area contributed by atoms with Crippen LogP contribution in [0.5, 0.6) is 0 Å². The zero-order valence-corrected chi connectivity index (χ0v) is 17.3. The molecule has 0 saturated carbocycles. The minimum absolute atomic E-state index is 0.0798. The molecule has 156 valence electrons. The fourth-order valence-electron chi connectivity index (χ4n) is 3.33. The smallest absolute Gasteiger partial charge is 0.247 e. The van der Waals surface area contributed by atoms with Crippen molar-refractivity contribution in [3.8, 4) is 0 Å². The average Bonchev–Trinajstić information content (AvgIpc) is 3.04. The number of amides is 3. The first-order valence-corrected chi connectivity index (χ1v) is 10.6. The van der Waals surface area contributed by atoms with Gasteiger partial charge in [-0.15, -0.1) is 11.8 Å². The fraction of sp³-hybridized carbons (Fsp3) is 0.125. The van der Waals surface area contributed by atoms with E-state index in [9.17, 15) is 18.8 Å². The van der Waals surface area contributed by atoms with Crippen LogP contribution < -0.4 is 10.2 Å². The number of carbonyl (C=O) groups is 3. The topological polar surface area (TPSA) is 66.5 Å². The summed E-state index contributed by atoms with van der Waals surface area (Å²) in [6, 6.07) is 21.9. The molecule has 1 unspecified atom stereocenters. The number of halogens is 1. The predicted molar refractivity (Wildman–Crippen MR) is 118 cm³/mol. The summed E-state index contributed by atoms with van der Waals surface area (Å²) in [5.74, 6) is -1.16. The molecule has 1 saturated heterocycles. The van der Waals surface area contributed by atoms with Gasteiger partial charge in [-0.1, -0.05) is 30.3 Å². The van der Waals surface area contributed by atoms with Crippen LogP contribution in [-0.2, 0) is 20.8 Å². The molecular formula is C24H19FN2O3S.